The maximum atomic E-state index is 14.7. The minimum absolute atomic E-state index is 0.0277. The maximum absolute atomic E-state index is 14.7. The first-order valence-electron chi connectivity index (χ1n) is 15.6. The molecule has 0 radical (unpaired) electrons. The smallest absolute Gasteiger partial charge is 0.259 e. The van der Waals surface area contributed by atoms with E-state index < -0.39 is 86.0 Å². The largest absolute Gasteiger partial charge is 0.494 e. The van der Waals surface area contributed by atoms with Crippen LogP contribution in [0, 0.1) is 11.3 Å². The van der Waals surface area contributed by atoms with Crippen molar-refractivity contribution < 1.29 is 41.1 Å². The molecule has 1 aliphatic heterocycles. The molecule has 0 bridgehead atoms. The molecule has 2 saturated carbocycles. The Hall–Kier alpha value is -3.57. The van der Waals surface area contributed by atoms with E-state index in [-0.39, 0.29) is 25.3 Å². The molecule has 1 saturated heterocycles. The molecule has 3 amide bonds. The summed E-state index contributed by atoms with van der Waals surface area (Å²) in [5, 5.41) is 0.323. The molecule has 0 spiro atoms. The summed E-state index contributed by atoms with van der Waals surface area (Å²) in [7, 11) is -2.62. The number of carbonyl (C=O) groups is 3. The van der Waals surface area contributed by atoms with Gasteiger partial charge in [-0.05, 0) is 61.0 Å². The van der Waals surface area contributed by atoms with E-state index in [4.69, 9.17) is 44.8 Å². The predicted molar refractivity (Wildman–Crippen MR) is 180 cm³/mol. The number of rotatable bonds is 12. The van der Waals surface area contributed by atoms with Crippen LogP contribution in [0.4, 0.5) is 8.78 Å². The fourth-order valence-electron chi connectivity index (χ4n) is 6.73. The van der Waals surface area contributed by atoms with E-state index in [1.54, 1.807) is 39.0 Å². The number of alkyl halides is 2. The first-order valence-corrected chi connectivity index (χ1v) is 18.0. The highest BCUT2D eigenvalue weighted by molar-refractivity contribution is 7.91. The van der Waals surface area contributed by atoms with Gasteiger partial charge in [0.1, 0.15) is 29.5 Å². The number of carbonyl (C=O) groups excluding carboxylic acids is 3. The minimum atomic E-state index is -4.11. The number of thiocarbonyl (C=S) groups is 1. The number of ether oxygens (including phenoxy) is 2. The van der Waals surface area contributed by atoms with Crippen LogP contribution in [0.5, 0.6) is 11.6 Å². The molecular formula is C31H39ClF2N6O7S2. The number of nitrogens with two attached hydrogens (primary N) is 2. The van der Waals surface area contributed by atoms with Gasteiger partial charge in [0.2, 0.25) is 34.1 Å². The van der Waals surface area contributed by atoms with E-state index in [0.29, 0.717) is 34.4 Å². The average Bonchev–Trinajstić information content (AvgIpc) is 3.92. The number of fused-ring (bicyclic) bond motifs is 1. The van der Waals surface area contributed by atoms with E-state index in [2.05, 4.69) is 4.98 Å². The number of methoxy groups -OCH3 is 1. The number of pyridine rings is 1. The van der Waals surface area contributed by atoms with Crippen LogP contribution in [0.1, 0.15) is 52.9 Å². The van der Waals surface area contributed by atoms with Gasteiger partial charge in [-0.15, -0.1) is 0 Å². The van der Waals surface area contributed by atoms with Gasteiger partial charge in [0, 0.05) is 28.6 Å². The fourth-order valence-corrected chi connectivity index (χ4v) is 8.53. The summed E-state index contributed by atoms with van der Waals surface area (Å²) in [6.07, 6.45) is -2.51. The summed E-state index contributed by atoms with van der Waals surface area (Å²) < 4.78 is 66.8. The third-order valence-corrected chi connectivity index (χ3v) is 11.5. The zero-order valence-corrected chi connectivity index (χ0v) is 29.7. The number of nitrogens with zero attached hydrogens (tertiary/aromatic N) is 3. The quantitative estimate of drug-likeness (QED) is 0.271. The van der Waals surface area contributed by atoms with Gasteiger partial charge in [-0.1, -0.05) is 32.4 Å². The molecular weight excluding hydrogens is 706 g/mol. The van der Waals surface area contributed by atoms with Gasteiger partial charge in [-0.3, -0.25) is 19.1 Å². The van der Waals surface area contributed by atoms with Gasteiger partial charge in [0.05, 0.1) is 25.1 Å². The molecule has 3 fully saturated rings. The lowest BCUT2D eigenvalue weighted by Crippen LogP contribution is -2.66. The molecule has 2 heterocycles. The number of benzene rings is 1. The number of halogens is 3. The van der Waals surface area contributed by atoms with Crippen LogP contribution >= 0.6 is 23.8 Å². The van der Waals surface area contributed by atoms with Gasteiger partial charge >= 0.3 is 0 Å². The lowest BCUT2D eigenvalue weighted by atomic mass is 9.83. The van der Waals surface area contributed by atoms with Gasteiger partial charge in [-0.2, -0.15) is 0 Å². The highest BCUT2D eigenvalue weighted by atomic mass is 35.5. The number of hydrogen-bond acceptors (Lipinski definition) is 9. The predicted octanol–water partition coefficient (Wildman–Crippen LogP) is 2.71. The minimum Gasteiger partial charge on any atom is -0.494 e. The summed E-state index contributed by atoms with van der Waals surface area (Å²) in [6.45, 7) is 4.80. The third-order valence-electron chi connectivity index (χ3n) is 9.26. The molecule has 2 aliphatic carbocycles. The molecule has 13 nitrogen and oxygen atoms in total. The molecule has 2 aromatic rings. The summed E-state index contributed by atoms with van der Waals surface area (Å²) in [6, 6.07) is 2.46. The maximum Gasteiger partial charge on any atom is 0.259 e. The molecule has 5 rings (SSSR count). The number of nitrogens with one attached hydrogen (secondary N) is 1. The van der Waals surface area contributed by atoms with Crippen LogP contribution in [0.2, 0.25) is 5.02 Å². The van der Waals surface area contributed by atoms with Gasteiger partial charge in [0.25, 0.3) is 5.91 Å². The monoisotopic (exact) mass is 744 g/mol. The number of hydrogen-bond donors (Lipinski definition) is 3. The zero-order chi connectivity index (χ0) is 36.2. The third kappa shape index (κ3) is 7.20. The number of aromatic nitrogens is 1. The van der Waals surface area contributed by atoms with E-state index in [1.807, 2.05) is 4.72 Å². The van der Waals surface area contributed by atoms with Crippen LogP contribution in [0.15, 0.2) is 24.4 Å². The van der Waals surface area contributed by atoms with E-state index in [9.17, 15) is 31.6 Å². The van der Waals surface area contributed by atoms with Crippen molar-refractivity contribution in [2.45, 2.75) is 88.3 Å². The molecule has 268 valence electrons. The molecule has 18 heteroatoms. The number of amides is 3. The van der Waals surface area contributed by atoms with Crippen LogP contribution in [-0.4, -0.2) is 95.1 Å². The fraction of sp³-hybridized carbons (Fsp3) is 0.581. The Balaban J connectivity index is 1.50. The van der Waals surface area contributed by atoms with Crippen molar-refractivity contribution in [3.05, 3.63) is 29.4 Å². The Morgan fingerprint density at radius 1 is 1.22 bits per heavy atom. The highest BCUT2D eigenvalue weighted by Crippen LogP contribution is 2.54. The Labute approximate surface area is 293 Å². The van der Waals surface area contributed by atoms with Crippen molar-refractivity contribution in [1.82, 2.24) is 19.5 Å². The van der Waals surface area contributed by atoms with Crippen molar-refractivity contribution in [2.24, 2.45) is 22.8 Å². The van der Waals surface area contributed by atoms with Crippen molar-refractivity contribution in [3.8, 4) is 11.6 Å². The van der Waals surface area contributed by atoms with Crippen LogP contribution in [0.3, 0.4) is 0 Å². The Bertz CT molecular complexity index is 1790. The van der Waals surface area contributed by atoms with Crippen molar-refractivity contribution in [3.63, 3.8) is 0 Å². The first kappa shape index (κ1) is 36.7. The lowest BCUT2D eigenvalue weighted by Gasteiger charge is -2.45. The second-order valence-corrected chi connectivity index (χ2v) is 16.6. The van der Waals surface area contributed by atoms with Crippen molar-refractivity contribution >= 4 is 67.4 Å². The molecule has 49 heavy (non-hydrogen) atoms. The molecule has 2 unspecified atom stereocenters. The first-order chi connectivity index (χ1) is 22.8. The lowest BCUT2D eigenvalue weighted by molar-refractivity contribution is -0.146. The summed E-state index contributed by atoms with van der Waals surface area (Å²) >= 11 is 11.6. The highest BCUT2D eigenvalue weighted by Gasteiger charge is 2.68. The molecule has 1 aromatic heterocycles. The van der Waals surface area contributed by atoms with Gasteiger partial charge in [0.15, 0.2) is 5.11 Å². The summed E-state index contributed by atoms with van der Waals surface area (Å²) in [5.41, 5.74) is 8.92. The second-order valence-electron chi connectivity index (χ2n) is 13.8. The number of sulfonamides is 1. The van der Waals surface area contributed by atoms with E-state index in [0.717, 1.165) is 4.90 Å². The molecule has 3 aliphatic rings. The van der Waals surface area contributed by atoms with Crippen LogP contribution < -0.4 is 25.7 Å². The topological polar surface area (TPSA) is 187 Å². The zero-order valence-electron chi connectivity index (χ0n) is 27.3. The summed E-state index contributed by atoms with van der Waals surface area (Å²) in [4.78, 5) is 48.0. The molecule has 5 N–H and O–H groups in total. The van der Waals surface area contributed by atoms with Gasteiger partial charge in [-0.25, -0.2) is 22.2 Å². The van der Waals surface area contributed by atoms with E-state index in [1.165, 1.54) is 18.2 Å². The number of likely N-dealkylation sites (tertiary alicyclic amines) is 1. The Kier molecular flexibility index (Phi) is 9.95. The molecule has 5 atom stereocenters. The Morgan fingerprint density at radius 2 is 1.90 bits per heavy atom. The van der Waals surface area contributed by atoms with Gasteiger partial charge < -0.3 is 30.7 Å². The Morgan fingerprint density at radius 3 is 2.45 bits per heavy atom. The second kappa shape index (κ2) is 13.3. The number of primary amides is 1. The molecule has 1 aromatic carbocycles. The van der Waals surface area contributed by atoms with Crippen molar-refractivity contribution in [2.75, 3.05) is 13.7 Å². The average molecular weight is 745 g/mol. The van der Waals surface area contributed by atoms with Crippen LogP contribution in [-0.2, 0) is 24.4 Å². The normalized spacial score (nSPS) is 24.4. The summed E-state index contributed by atoms with van der Waals surface area (Å²) in [5.74, 6) is -3.11. The van der Waals surface area contributed by atoms with Crippen molar-refractivity contribution in [1.29, 1.82) is 0 Å². The SMILES string of the molecule is COc1cnc(OC2CC(C(N)=O)N(C(=O)[C@@H](N(C(N)=S)[C@]3(C(=O)NS(=O)(=O)C4CC4)C[C@H]3CC(F)F)C(C)(C)C)C2)c2cc(Cl)ccc12. The van der Waals surface area contributed by atoms with E-state index >= 15 is 0 Å². The standard InChI is InChI=1S/C31H39ClF2N6O7S2/c1-30(2,3)24(40(29(36)48)31(12-15(31)9-23(33)34)28(43)38-49(44,45)18-6-7-18)27(42)39-14-17(11-21(39)25(35)41)47-26-20-10-16(32)5-8-19(20)22(46-4)13-37-26/h5,8,10,13,15,17-18,21,23-24H,6-7,9,11-12,14H2,1-4H3,(H2,35,41)(H2,36,48)(H,38,43)/t15-,17?,21?,24-,31-/m1/s1. The van der Waals surface area contributed by atoms with Crippen LogP contribution in [0.25, 0.3) is 10.8 Å².